The molecule has 0 saturated carbocycles. The summed E-state index contributed by atoms with van der Waals surface area (Å²) < 4.78 is 21.3. The van der Waals surface area contributed by atoms with E-state index in [-0.39, 0.29) is 39.6 Å². The predicted molar refractivity (Wildman–Crippen MR) is 81.7 cm³/mol. The molecule has 22 heavy (non-hydrogen) atoms. The van der Waals surface area contributed by atoms with Gasteiger partial charge in [0, 0.05) is 0 Å². The molecule has 0 heterocycles. The molecule has 130 valence electrons. The third kappa shape index (κ3) is 10.9. The minimum absolute atomic E-state index is 0.0666. The molecule has 0 aliphatic heterocycles. The summed E-state index contributed by atoms with van der Waals surface area (Å²) in [6, 6.07) is 0. The Bertz CT molecular complexity index is 273. The maximum Gasteiger partial charge on any atom is 0.104 e. The molecular formula is C15H28O7. The highest BCUT2D eigenvalue weighted by Crippen LogP contribution is 2.03. The maximum absolute atomic E-state index is 9.29. The van der Waals surface area contributed by atoms with Crippen molar-refractivity contribution in [3.8, 4) is 0 Å². The van der Waals surface area contributed by atoms with Crippen molar-refractivity contribution in [2.45, 2.75) is 18.3 Å². The molecule has 0 saturated heterocycles. The zero-order valence-corrected chi connectivity index (χ0v) is 12.9. The molecule has 0 aromatic rings. The summed E-state index contributed by atoms with van der Waals surface area (Å²) in [6.07, 6.45) is 1.49. The number of hydrogen-bond donors (Lipinski definition) is 3. The van der Waals surface area contributed by atoms with Gasteiger partial charge < -0.3 is 34.3 Å². The van der Waals surface area contributed by atoms with Crippen LogP contribution in [0.1, 0.15) is 0 Å². The fourth-order valence-electron chi connectivity index (χ4n) is 1.50. The molecule has 3 unspecified atom stereocenters. The molecule has 0 rings (SSSR count). The average molecular weight is 320 g/mol. The number of rotatable bonds is 16. The zero-order chi connectivity index (χ0) is 16.6. The van der Waals surface area contributed by atoms with Crippen LogP contribution in [0.4, 0.5) is 0 Å². The smallest absolute Gasteiger partial charge is 0.104 e. The Morgan fingerprint density at radius 3 is 1.64 bits per heavy atom. The van der Waals surface area contributed by atoms with E-state index in [0.29, 0.717) is 13.2 Å². The van der Waals surface area contributed by atoms with Crippen LogP contribution in [0, 0.1) is 0 Å². The SMILES string of the molecule is C=CCOCC(CO)OCC(CO)OC(CO)COCC=C. The van der Waals surface area contributed by atoms with Gasteiger partial charge >= 0.3 is 0 Å². The van der Waals surface area contributed by atoms with Crippen molar-refractivity contribution in [2.24, 2.45) is 0 Å². The summed E-state index contributed by atoms with van der Waals surface area (Å²) in [5.74, 6) is 0. The summed E-state index contributed by atoms with van der Waals surface area (Å²) >= 11 is 0. The Hall–Kier alpha value is -0.800. The van der Waals surface area contributed by atoms with Crippen LogP contribution in [0.3, 0.4) is 0 Å². The molecule has 0 aromatic carbocycles. The van der Waals surface area contributed by atoms with Gasteiger partial charge in [-0.1, -0.05) is 12.2 Å². The van der Waals surface area contributed by atoms with Gasteiger partial charge in [0.05, 0.1) is 52.9 Å². The van der Waals surface area contributed by atoms with Crippen molar-refractivity contribution in [1.29, 1.82) is 0 Å². The van der Waals surface area contributed by atoms with E-state index in [0.717, 1.165) is 0 Å². The van der Waals surface area contributed by atoms with Crippen LogP contribution in [-0.4, -0.2) is 86.5 Å². The lowest BCUT2D eigenvalue weighted by Crippen LogP contribution is -2.36. The Kier molecular flexibility index (Phi) is 14.6. The van der Waals surface area contributed by atoms with E-state index in [1.54, 1.807) is 12.2 Å². The summed E-state index contributed by atoms with van der Waals surface area (Å²) in [7, 11) is 0. The van der Waals surface area contributed by atoms with Crippen molar-refractivity contribution in [1.82, 2.24) is 0 Å². The Morgan fingerprint density at radius 2 is 1.18 bits per heavy atom. The van der Waals surface area contributed by atoms with E-state index in [1.165, 1.54) is 0 Å². The predicted octanol–water partition coefficient (Wildman–Crippen LogP) is -0.492. The summed E-state index contributed by atoms with van der Waals surface area (Å²) in [6.45, 7) is 7.51. The highest BCUT2D eigenvalue weighted by Gasteiger charge is 2.18. The summed E-state index contributed by atoms with van der Waals surface area (Å²) in [5.41, 5.74) is 0. The highest BCUT2D eigenvalue weighted by molar-refractivity contribution is 4.68. The van der Waals surface area contributed by atoms with Crippen molar-refractivity contribution in [3.05, 3.63) is 25.3 Å². The van der Waals surface area contributed by atoms with E-state index in [1.807, 2.05) is 0 Å². The molecule has 0 aliphatic carbocycles. The molecule has 0 amide bonds. The lowest BCUT2D eigenvalue weighted by molar-refractivity contribution is -0.132. The van der Waals surface area contributed by atoms with Crippen LogP contribution < -0.4 is 0 Å². The van der Waals surface area contributed by atoms with Gasteiger partial charge in [0.1, 0.15) is 18.3 Å². The number of aliphatic hydroxyl groups excluding tert-OH is 3. The van der Waals surface area contributed by atoms with Crippen LogP contribution in [0.2, 0.25) is 0 Å². The largest absolute Gasteiger partial charge is 0.394 e. The van der Waals surface area contributed by atoms with Crippen LogP contribution in [0.15, 0.2) is 25.3 Å². The zero-order valence-electron chi connectivity index (χ0n) is 12.9. The molecule has 0 radical (unpaired) electrons. The Balaban J connectivity index is 4.09. The first-order valence-electron chi connectivity index (χ1n) is 7.18. The van der Waals surface area contributed by atoms with E-state index < -0.39 is 18.3 Å². The lowest BCUT2D eigenvalue weighted by Gasteiger charge is -2.24. The van der Waals surface area contributed by atoms with Gasteiger partial charge in [-0.15, -0.1) is 13.2 Å². The standard InChI is InChI=1S/C15H28O7/c1-3-5-19-10-13(7-16)21-12-15(9-18)22-14(8-17)11-20-6-4-2/h3-4,13-18H,1-2,5-12H2. The molecule has 0 fully saturated rings. The van der Waals surface area contributed by atoms with Crippen molar-refractivity contribution < 1.29 is 34.3 Å². The second-order valence-corrected chi connectivity index (χ2v) is 4.54. The first kappa shape index (κ1) is 21.2. The van der Waals surface area contributed by atoms with Crippen LogP contribution >= 0.6 is 0 Å². The summed E-state index contributed by atoms with van der Waals surface area (Å²) in [5, 5.41) is 27.7. The van der Waals surface area contributed by atoms with Gasteiger partial charge in [-0.25, -0.2) is 0 Å². The van der Waals surface area contributed by atoms with Crippen molar-refractivity contribution >= 4 is 0 Å². The van der Waals surface area contributed by atoms with Gasteiger partial charge in [-0.3, -0.25) is 0 Å². The van der Waals surface area contributed by atoms with E-state index in [2.05, 4.69) is 13.2 Å². The Morgan fingerprint density at radius 1 is 0.727 bits per heavy atom. The van der Waals surface area contributed by atoms with Gasteiger partial charge in [-0.05, 0) is 0 Å². The molecule has 3 N–H and O–H groups in total. The van der Waals surface area contributed by atoms with E-state index in [4.69, 9.17) is 18.9 Å². The molecule has 0 aromatic heterocycles. The van der Waals surface area contributed by atoms with Crippen LogP contribution in [0.5, 0.6) is 0 Å². The second kappa shape index (κ2) is 15.1. The normalized spacial score (nSPS) is 15.2. The number of aliphatic hydroxyl groups is 3. The van der Waals surface area contributed by atoms with Crippen LogP contribution in [0.25, 0.3) is 0 Å². The molecule has 0 aliphatic rings. The highest BCUT2D eigenvalue weighted by atomic mass is 16.6. The van der Waals surface area contributed by atoms with Gasteiger partial charge in [0.15, 0.2) is 0 Å². The number of ether oxygens (including phenoxy) is 4. The van der Waals surface area contributed by atoms with Gasteiger partial charge in [-0.2, -0.15) is 0 Å². The fourth-order valence-corrected chi connectivity index (χ4v) is 1.50. The summed E-state index contributed by atoms with van der Waals surface area (Å²) in [4.78, 5) is 0. The lowest BCUT2D eigenvalue weighted by atomic mass is 10.3. The molecule has 7 nitrogen and oxygen atoms in total. The average Bonchev–Trinajstić information content (AvgIpc) is 2.55. The maximum atomic E-state index is 9.29. The number of hydrogen-bond acceptors (Lipinski definition) is 7. The van der Waals surface area contributed by atoms with Gasteiger partial charge in [0.25, 0.3) is 0 Å². The minimum Gasteiger partial charge on any atom is -0.394 e. The third-order valence-corrected chi connectivity index (χ3v) is 2.59. The first-order chi connectivity index (χ1) is 10.7. The van der Waals surface area contributed by atoms with Crippen molar-refractivity contribution in [2.75, 3.05) is 52.9 Å². The minimum atomic E-state index is -0.627. The fraction of sp³-hybridized carbons (Fsp3) is 0.733. The third-order valence-electron chi connectivity index (χ3n) is 2.59. The van der Waals surface area contributed by atoms with Gasteiger partial charge in [0.2, 0.25) is 0 Å². The van der Waals surface area contributed by atoms with E-state index >= 15 is 0 Å². The molecule has 3 atom stereocenters. The van der Waals surface area contributed by atoms with E-state index in [9.17, 15) is 15.3 Å². The van der Waals surface area contributed by atoms with Crippen LogP contribution in [-0.2, 0) is 18.9 Å². The molecular weight excluding hydrogens is 292 g/mol. The molecule has 7 heteroatoms. The first-order valence-corrected chi connectivity index (χ1v) is 7.18. The second-order valence-electron chi connectivity index (χ2n) is 4.54. The quantitative estimate of drug-likeness (QED) is 0.261. The van der Waals surface area contributed by atoms with Crippen molar-refractivity contribution in [3.63, 3.8) is 0 Å². The topological polar surface area (TPSA) is 97.6 Å². The Labute approximate surface area is 131 Å². The monoisotopic (exact) mass is 320 g/mol. The molecule has 0 spiro atoms. The molecule has 0 bridgehead atoms.